The molecule has 4 rings (SSSR count). The average molecular weight is 560 g/mol. The molecule has 0 spiro atoms. The van der Waals surface area contributed by atoms with Crippen LogP contribution in [-0.2, 0) is 39.9 Å². The fourth-order valence-electron chi connectivity index (χ4n) is 4.24. The topological polar surface area (TPSA) is 90.3 Å². The summed E-state index contributed by atoms with van der Waals surface area (Å²) in [7, 11) is -1.50. The highest BCUT2D eigenvalue weighted by Gasteiger charge is 2.32. The van der Waals surface area contributed by atoms with Gasteiger partial charge in [-0.15, -0.1) is 0 Å². The van der Waals surface area contributed by atoms with E-state index in [0.717, 1.165) is 17.6 Å². The standard InChI is InChI=1S/C28H28F3N3O4S/c1-5-39(36,37)22-13-6-18(7-14-22)16-25(35)32-20-10-15-24-23(17-20)33-26(34(24)4)27(2,3)38-21-11-8-19(9-12-21)28(29,30)31/h6-15,17H,5,16H2,1-4H3,(H,32,35). The lowest BCUT2D eigenvalue weighted by molar-refractivity contribution is -0.137. The van der Waals surface area contributed by atoms with Crippen LogP contribution in [0.2, 0.25) is 0 Å². The van der Waals surface area contributed by atoms with E-state index in [0.29, 0.717) is 22.6 Å². The first-order valence-electron chi connectivity index (χ1n) is 12.1. The number of amides is 1. The van der Waals surface area contributed by atoms with Crippen LogP contribution in [0.3, 0.4) is 0 Å². The summed E-state index contributed by atoms with van der Waals surface area (Å²) in [6.45, 7) is 5.11. The number of sulfone groups is 1. The lowest BCUT2D eigenvalue weighted by Gasteiger charge is -2.26. The average Bonchev–Trinajstić information content (AvgIpc) is 3.20. The number of carbonyl (C=O) groups excluding carboxylic acids is 1. The third-order valence-corrected chi connectivity index (χ3v) is 8.04. The Kier molecular flexibility index (Phi) is 7.48. The van der Waals surface area contributed by atoms with E-state index < -0.39 is 27.2 Å². The summed E-state index contributed by atoms with van der Waals surface area (Å²) in [4.78, 5) is 17.5. The van der Waals surface area contributed by atoms with Gasteiger partial charge in [-0.05, 0) is 74.0 Å². The second-order valence-electron chi connectivity index (χ2n) is 9.60. The van der Waals surface area contributed by atoms with Gasteiger partial charge in [-0.3, -0.25) is 4.79 Å². The van der Waals surface area contributed by atoms with Crippen molar-refractivity contribution in [2.45, 2.75) is 43.9 Å². The van der Waals surface area contributed by atoms with Crippen LogP contribution in [0, 0.1) is 0 Å². The molecule has 4 aromatic rings. The molecule has 0 aliphatic heterocycles. The molecule has 1 aromatic heterocycles. The first-order chi connectivity index (χ1) is 18.2. The zero-order chi connectivity index (χ0) is 28.6. The smallest absolute Gasteiger partial charge is 0.416 e. The van der Waals surface area contributed by atoms with Crippen molar-refractivity contribution in [1.82, 2.24) is 9.55 Å². The normalized spacial score (nSPS) is 12.5. The Morgan fingerprint density at radius 3 is 2.23 bits per heavy atom. The van der Waals surface area contributed by atoms with Crippen LogP contribution in [-0.4, -0.2) is 29.6 Å². The van der Waals surface area contributed by atoms with Gasteiger partial charge >= 0.3 is 6.18 Å². The molecule has 1 N–H and O–H groups in total. The summed E-state index contributed by atoms with van der Waals surface area (Å²) in [5, 5.41) is 2.83. The van der Waals surface area contributed by atoms with E-state index in [9.17, 15) is 26.4 Å². The van der Waals surface area contributed by atoms with Crippen LogP contribution in [0.5, 0.6) is 5.75 Å². The number of aromatic nitrogens is 2. The number of carbonyl (C=O) groups is 1. The number of nitrogens with one attached hydrogen (secondary N) is 1. The summed E-state index contributed by atoms with van der Waals surface area (Å²) in [5.41, 5.74) is 0.846. The maximum absolute atomic E-state index is 12.9. The zero-order valence-corrected chi connectivity index (χ0v) is 22.7. The van der Waals surface area contributed by atoms with Crippen LogP contribution >= 0.6 is 0 Å². The zero-order valence-electron chi connectivity index (χ0n) is 21.8. The van der Waals surface area contributed by atoms with E-state index in [1.54, 1.807) is 51.1 Å². The number of alkyl halides is 3. The van der Waals surface area contributed by atoms with Gasteiger partial charge in [0.25, 0.3) is 0 Å². The van der Waals surface area contributed by atoms with Crippen molar-refractivity contribution in [2.24, 2.45) is 7.05 Å². The molecule has 3 aromatic carbocycles. The Bertz CT molecular complexity index is 1610. The minimum Gasteiger partial charge on any atom is -0.480 e. The lowest BCUT2D eigenvalue weighted by Crippen LogP contribution is -2.29. The number of aryl methyl sites for hydroxylation is 1. The molecule has 0 saturated carbocycles. The Morgan fingerprint density at radius 2 is 1.64 bits per heavy atom. The van der Waals surface area contributed by atoms with Crippen molar-refractivity contribution in [3.63, 3.8) is 0 Å². The molecule has 0 aliphatic carbocycles. The van der Waals surface area contributed by atoms with Crippen LogP contribution in [0.1, 0.15) is 37.7 Å². The van der Waals surface area contributed by atoms with Crippen molar-refractivity contribution >= 4 is 32.5 Å². The molecule has 0 bridgehead atoms. The highest BCUT2D eigenvalue weighted by molar-refractivity contribution is 7.91. The number of nitrogens with zero attached hydrogens (tertiary/aromatic N) is 2. The number of hydrogen-bond donors (Lipinski definition) is 1. The number of benzene rings is 3. The predicted octanol–water partition coefficient (Wildman–Crippen LogP) is 5.88. The van der Waals surface area contributed by atoms with Gasteiger partial charge in [-0.1, -0.05) is 19.1 Å². The molecule has 0 fully saturated rings. The molecule has 0 aliphatic rings. The summed E-state index contributed by atoms with van der Waals surface area (Å²) >= 11 is 0. The minimum atomic E-state index is -4.43. The number of fused-ring (bicyclic) bond motifs is 1. The van der Waals surface area contributed by atoms with E-state index in [1.807, 2.05) is 11.6 Å². The summed E-state index contributed by atoms with van der Waals surface area (Å²) in [6.07, 6.45) is -4.37. The van der Waals surface area contributed by atoms with Crippen molar-refractivity contribution in [2.75, 3.05) is 11.1 Å². The van der Waals surface area contributed by atoms with Crippen LogP contribution in [0.15, 0.2) is 71.6 Å². The predicted molar refractivity (Wildman–Crippen MR) is 142 cm³/mol. The van der Waals surface area contributed by atoms with E-state index in [-0.39, 0.29) is 28.7 Å². The molecule has 7 nitrogen and oxygen atoms in total. The Morgan fingerprint density at radius 1 is 1.00 bits per heavy atom. The molecule has 39 heavy (non-hydrogen) atoms. The third-order valence-electron chi connectivity index (χ3n) is 6.28. The number of anilines is 1. The molecule has 0 radical (unpaired) electrons. The van der Waals surface area contributed by atoms with E-state index >= 15 is 0 Å². The Hall–Kier alpha value is -3.86. The summed E-state index contributed by atoms with van der Waals surface area (Å²) in [5.74, 6) is 0.544. The van der Waals surface area contributed by atoms with Gasteiger partial charge in [0.05, 0.1) is 33.7 Å². The molecule has 1 heterocycles. The molecule has 0 unspecified atom stereocenters. The van der Waals surface area contributed by atoms with E-state index in [4.69, 9.17) is 4.74 Å². The lowest BCUT2D eigenvalue weighted by atomic mass is 10.1. The van der Waals surface area contributed by atoms with Crippen LogP contribution in [0.25, 0.3) is 11.0 Å². The number of hydrogen-bond acceptors (Lipinski definition) is 5. The molecule has 11 heteroatoms. The summed E-state index contributed by atoms with van der Waals surface area (Å²) in [6, 6.07) is 16.0. The van der Waals surface area contributed by atoms with Gasteiger partial charge in [0.1, 0.15) is 5.75 Å². The molecular formula is C28H28F3N3O4S. The number of imidazole rings is 1. The SMILES string of the molecule is CCS(=O)(=O)c1ccc(CC(=O)Nc2ccc3c(c2)nc(C(C)(C)Oc2ccc(C(F)(F)F)cc2)n3C)cc1. The van der Waals surface area contributed by atoms with Gasteiger partial charge < -0.3 is 14.6 Å². The van der Waals surface area contributed by atoms with Crippen molar-refractivity contribution in [3.05, 3.63) is 83.7 Å². The highest BCUT2D eigenvalue weighted by Crippen LogP contribution is 2.33. The first kappa shape index (κ1) is 28.2. The van der Waals surface area contributed by atoms with Crippen LogP contribution < -0.4 is 10.1 Å². The maximum atomic E-state index is 12.9. The maximum Gasteiger partial charge on any atom is 0.416 e. The Labute approximate surface area is 224 Å². The molecule has 1 amide bonds. The second kappa shape index (κ2) is 10.4. The van der Waals surface area contributed by atoms with Crippen molar-refractivity contribution in [1.29, 1.82) is 0 Å². The quantitative estimate of drug-likeness (QED) is 0.291. The van der Waals surface area contributed by atoms with E-state index in [2.05, 4.69) is 10.3 Å². The van der Waals surface area contributed by atoms with E-state index in [1.165, 1.54) is 24.3 Å². The largest absolute Gasteiger partial charge is 0.480 e. The summed E-state index contributed by atoms with van der Waals surface area (Å²) < 4.78 is 70.4. The number of rotatable bonds is 8. The molecule has 0 atom stereocenters. The third kappa shape index (κ3) is 6.25. The van der Waals surface area contributed by atoms with Crippen molar-refractivity contribution < 1.29 is 31.1 Å². The molecule has 0 saturated heterocycles. The first-order valence-corrected chi connectivity index (χ1v) is 13.8. The molecule has 206 valence electrons. The fourth-order valence-corrected chi connectivity index (χ4v) is 5.12. The fraction of sp³-hybridized carbons (Fsp3) is 0.286. The highest BCUT2D eigenvalue weighted by atomic mass is 32.2. The monoisotopic (exact) mass is 559 g/mol. The van der Waals surface area contributed by atoms with Gasteiger partial charge in [0, 0.05) is 12.7 Å². The van der Waals surface area contributed by atoms with Gasteiger partial charge in [-0.25, -0.2) is 13.4 Å². The second-order valence-corrected chi connectivity index (χ2v) is 11.9. The van der Waals surface area contributed by atoms with Gasteiger partial charge in [0.15, 0.2) is 21.3 Å². The van der Waals surface area contributed by atoms with Crippen LogP contribution in [0.4, 0.5) is 18.9 Å². The van der Waals surface area contributed by atoms with Crippen molar-refractivity contribution in [3.8, 4) is 5.75 Å². The number of halogens is 3. The minimum absolute atomic E-state index is 0.00289. The Balaban J connectivity index is 1.48. The number of ether oxygens (including phenoxy) is 1. The van der Waals surface area contributed by atoms with Gasteiger partial charge in [0.2, 0.25) is 5.91 Å². The van der Waals surface area contributed by atoms with Gasteiger partial charge in [-0.2, -0.15) is 13.2 Å². The molecular weight excluding hydrogens is 531 g/mol.